The van der Waals surface area contributed by atoms with Crippen molar-refractivity contribution in [3.05, 3.63) is 69.2 Å². The number of thiophene rings is 1. The predicted molar refractivity (Wildman–Crippen MR) is 114 cm³/mol. The van der Waals surface area contributed by atoms with E-state index in [1.165, 1.54) is 5.56 Å². The number of nitrogens with zero attached hydrogens (tertiary/aromatic N) is 1. The lowest BCUT2D eigenvalue weighted by atomic mass is 10.1. The number of benzene rings is 1. The van der Waals surface area contributed by atoms with E-state index in [9.17, 15) is 4.79 Å². The number of carbonyl (C=O) groups is 1. The predicted octanol–water partition coefficient (Wildman–Crippen LogP) is 4.52. The van der Waals surface area contributed by atoms with Crippen LogP contribution in [0.2, 0.25) is 0 Å². The smallest absolute Gasteiger partial charge is 0.224 e. The highest BCUT2D eigenvalue weighted by atomic mass is 32.2. The molecule has 0 fully saturated rings. The molecule has 0 aliphatic heterocycles. The van der Waals surface area contributed by atoms with Gasteiger partial charge in [0, 0.05) is 18.1 Å². The summed E-state index contributed by atoms with van der Waals surface area (Å²) >= 11 is 3.55. The Balaban J connectivity index is 1.35. The average molecular weight is 417 g/mol. The zero-order valence-corrected chi connectivity index (χ0v) is 17.7. The molecule has 5 nitrogen and oxygen atoms in total. The first-order valence-electron chi connectivity index (χ1n) is 9.11. The summed E-state index contributed by atoms with van der Waals surface area (Å²) in [6.45, 7) is 4.88. The molecule has 0 atom stereocenters. The molecule has 1 amide bonds. The number of hydrogen-bond donors (Lipinski definition) is 1. The van der Waals surface area contributed by atoms with Crippen LogP contribution in [0.15, 0.2) is 45.6 Å². The van der Waals surface area contributed by atoms with Crippen molar-refractivity contribution in [1.29, 1.82) is 0 Å². The third-order valence-electron chi connectivity index (χ3n) is 4.27. The lowest BCUT2D eigenvalue weighted by molar-refractivity contribution is -0.120. The van der Waals surface area contributed by atoms with Crippen LogP contribution in [0.1, 0.15) is 28.1 Å². The summed E-state index contributed by atoms with van der Waals surface area (Å²) in [6, 6.07) is 9.76. The third-order valence-corrected chi connectivity index (χ3v) is 6.03. The maximum absolute atomic E-state index is 12.1. The van der Waals surface area contributed by atoms with Gasteiger partial charge in [-0.3, -0.25) is 4.79 Å². The van der Waals surface area contributed by atoms with Gasteiger partial charge in [0.15, 0.2) is 0 Å². The molecule has 7 heteroatoms. The molecule has 0 saturated carbocycles. The van der Waals surface area contributed by atoms with E-state index in [1.807, 2.05) is 49.9 Å². The first-order valence-corrected chi connectivity index (χ1v) is 11.2. The van der Waals surface area contributed by atoms with Crippen LogP contribution in [-0.2, 0) is 23.6 Å². The summed E-state index contributed by atoms with van der Waals surface area (Å²) in [6.07, 6.45) is 0.374. The summed E-state index contributed by atoms with van der Waals surface area (Å²) in [7, 11) is 0. The van der Waals surface area contributed by atoms with Gasteiger partial charge >= 0.3 is 0 Å². The van der Waals surface area contributed by atoms with E-state index in [0.717, 1.165) is 39.8 Å². The zero-order valence-electron chi connectivity index (χ0n) is 16.1. The van der Waals surface area contributed by atoms with E-state index >= 15 is 0 Å². The molecule has 0 saturated heterocycles. The minimum absolute atomic E-state index is 0.0422. The monoisotopic (exact) mass is 416 g/mol. The number of aryl methyl sites for hydroxylation is 2. The fourth-order valence-electron chi connectivity index (χ4n) is 2.64. The highest BCUT2D eigenvalue weighted by molar-refractivity contribution is 7.98. The third kappa shape index (κ3) is 6.14. The average Bonchev–Trinajstić information content (AvgIpc) is 3.31. The molecule has 2 aromatic heterocycles. The van der Waals surface area contributed by atoms with Crippen molar-refractivity contribution in [1.82, 2.24) is 10.5 Å². The summed E-state index contributed by atoms with van der Waals surface area (Å²) in [5.41, 5.74) is 4.13. The van der Waals surface area contributed by atoms with Crippen LogP contribution in [0, 0.1) is 13.8 Å². The molecule has 0 radical (unpaired) electrons. The molecular formula is C21H24N2O3S2. The molecular weight excluding hydrogens is 392 g/mol. The zero-order chi connectivity index (χ0) is 19.8. The van der Waals surface area contributed by atoms with Crippen LogP contribution in [0.3, 0.4) is 0 Å². The Morgan fingerprint density at radius 2 is 2.04 bits per heavy atom. The maximum Gasteiger partial charge on any atom is 0.224 e. The quantitative estimate of drug-likeness (QED) is 0.492. The number of ether oxygens (including phenoxy) is 1. The van der Waals surface area contributed by atoms with Crippen molar-refractivity contribution in [2.24, 2.45) is 0 Å². The summed E-state index contributed by atoms with van der Waals surface area (Å²) in [4.78, 5) is 12.1. The standard InChI is InChI=1S/C21H24N2O3S2/c1-15-20(16(2)26-23-15)12-25-19-5-3-17(4-6-19)11-21(24)22-8-10-28-14-18-7-9-27-13-18/h3-7,9,13H,8,10-12,14H2,1-2H3,(H,22,24). The topological polar surface area (TPSA) is 64.4 Å². The van der Waals surface area contributed by atoms with Crippen molar-refractivity contribution in [3.63, 3.8) is 0 Å². The molecule has 0 spiro atoms. The van der Waals surface area contributed by atoms with Crippen LogP contribution < -0.4 is 10.1 Å². The fraction of sp³-hybridized carbons (Fsp3) is 0.333. The largest absolute Gasteiger partial charge is 0.489 e. The van der Waals surface area contributed by atoms with Gasteiger partial charge < -0.3 is 14.6 Å². The number of aromatic nitrogens is 1. The molecule has 0 bridgehead atoms. The van der Waals surface area contributed by atoms with E-state index < -0.39 is 0 Å². The number of hydrogen-bond acceptors (Lipinski definition) is 6. The van der Waals surface area contributed by atoms with Gasteiger partial charge in [-0.1, -0.05) is 17.3 Å². The summed E-state index contributed by atoms with van der Waals surface area (Å²) in [5, 5.41) is 11.1. The lowest BCUT2D eigenvalue weighted by Crippen LogP contribution is -2.27. The molecule has 0 aliphatic rings. The van der Waals surface area contributed by atoms with E-state index in [4.69, 9.17) is 9.26 Å². The minimum atomic E-state index is 0.0422. The number of carbonyl (C=O) groups excluding carboxylic acids is 1. The van der Waals surface area contributed by atoms with E-state index in [2.05, 4.69) is 27.3 Å². The van der Waals surface area contributed by atoms with Gasteiger partial charge in [-0.05, 0) is 53.9 Å². The van der Waals surface area contributed by atoms with Gasteiger partial charge in [-0.25, -0.2) is 0 Å². The maximum atomic E-state index is 12.1. The van der Waals surface area contributed by atoms with Crippen LogP contribution in [0.5, 0.6) is 5.75 Å². The van der Waals surface area contributed by atoms with Gasteiger partial charge in [0.25, 0.3) is 0 Å². The molecule has 3 rings (SSSR count). The van der Waals surface area contributed by atoms with E-state index in [-0.39, 0.29) is 5.91 Å². The van der Waals surface area contributed by atoms with Crippen LogP contribution in [0.4, 0.5) is 0 Å². The SMILES string of the molecule is Cc1noc(C)c1COc1ccc(CC(=O)NCCSCc2ccsc2)cc1. The fourth-order valence-corrected chi connectivity index (χ4v) is 4.22. The molecule has 1 aromatic carbocycles. The van der Waals surface area contributed by atoms with E-state index in [1.54, 1.807) is 11.3 Å². The van der Waals surface area contributed by atoms with Crippen molar-refractivity contribution in [3.8, 4) is 5.75 Å². The minimum Gasteiger partial charge on any atom is -0.489 e. The summed E-state index contributed by atoms with van der Waals surface area (Å²) in [5.74, 6) is 3.49. The second-order valence-electron chi connectivity index (χ2n) is 6.45. The first-order chi connectivity index (χ1) is 13.6. The molecule has 3 aromatic rings. The van der Waals surface area contributed by atoms with Crippen molar-refractivity contribution < 1.29 is 14.1 Å². The molecule has 148 valence electrons. The molecule has 0 aliphatic carbocycles. The molecule has 2 heterocycles. The van der Waals surface area contributed by atoms with Crippen LogP contribution in [0.25, 0.3) is 0 Å². The van der Waals surface area contributed by atoms with Crippen molar-refractivity contribution in [2.45, 2.75) is 32.6 Å². The molecule has 1 N–H and O–H groups in total. The normalized spacial score (nSPS) is 10.8. The number of nitrogens with one attached hydrogen (secondary N) is 1. The van der Waals surface area contributed by atoms with Crippen molar-refractivity contribution in [2.75, 3.05) is 12.3 Å². The Kier molecular flexibility index (Phi) is 7.56. The second kappa shape index (κ2) is 10.3. The van der Waals surface area contributed by atoms with Crippen molar-refractivity contribution >= 4 is 29.0 Å². The van der Waals surface area contributed by atoms with Gasteiger partial charge in [0.2, 0.25) is 5.91 Å². The number of amides is 1. The van der Waals surface area contributed by atoms with Gasteiger partial charge in [0.05, 0.1) is 17.7 Å². The van der Waals surface area contributed by atoms with Gasteiger partial charge in [-0.2, -0.15) is 23.1 Å². The Bertz CT molecular complexity index is 854. The van der Waals surface area contributed by atoms with Crippen LogP contribution >= 0.6 is 23.1 Å². The molecule has 28 heavy (non-hydrogen) atoms. The second-order valence-corrected chi connectivity index (χ2v) is 8.33. The molecule has 0 unspecified atom stereocenters. The Morgan fingerprint density at radius 1 is 1.21 bits per heavy atom. The van der Waals surface area contributed by atoms with Gasteiger partial charge in [0.1, 0.15) is 18.1 Å². The highest BCUT2D eigenvalue weighted by Gasteiger charge is 2.10. The number of thioether (sulfide) groups is 1. The first kappa shape index (κ1) is 20.5. The lowest BCUT2D eigenvalue weighted by Gasteiger charge is -2.08. The Hall–Kier alpha value is -2.25. The Labute approximate surface area is 173 Å². The number of rotatable bonds is 10. The highest BCUT2D eigenvalue weighted by Crippen LogP contribution is 2.18. The van der Waals surface area contributed by atoms with Crippen LogP contribution in [-0.4, -0.2) is 23.4 Å². The summed E-state index contributed by atoms with van der Waals surface area (Å²) < 4.78 is 10.9. The van der Waals surface area contributed by atoms with E-state index in [0.29, 0.717) is 19.6 Å². The Morgan fingerprint density at radius 3 is 2.71 bits per heavy atom. The van der Waals surface area contributed by atoms with Gasteiger partial charge in [-0.15, -0.1) is 0 Å².